The van der Waals surface area contributed by atoms with Crippen molar-refractivity contribution in [2.45, 2.75) is 38.8 Å². The highest BCUT2D eigenvalue weighted by Gasteiger charge is 2.37. The van der Waals surface area contributed by atoms with Gasteiger partial charge in [0.05, 0.1) is 11.8 Å². The quantitative estimate of drug-likeness (QED) is 0.679. The smallest absolute Gasteiger partial charge is 0.200 e. The van der Waals surface area contributed by atoms with E-state index in [9.17, 15) is 9.90 Å². The zero-order valence-corrected chi connectivity index (χ0v) is 17.2. The van der Waals surface area contributed by atoms with Gasteiger partial charge in [-0.15, -0.1) is 0 Å². The Morgan fingerprint density at radius 1 is 1.13 bits per heavy atom. The average molecular weight is 405 g/mol. The molecule has 0 radical (unpaired) electrons. The Kier molecular flexibility index (Phi) is 4.97. The summed E-state index contributed by atoms with van der Waals surface area (Å²) in [5.74, 6) is 0.885. The van der Waals surface area contributed by atoms with Gasteiger partial charge in [0.1, 0.15) is 11.9 Å². The molecule has 156 valence electrons. The van der Waals surface area contributed by atoms with Gasteiger partial charge in [-0.1, -0.05) is 30.3 Å². The van der Waals surface area contributed by atoms with Crippen LogP contribution in [0.3, 0.4) is 0 Å². The molecule has 2 aromatic carbocycles. The number of carbonyl (C=O) groups excluding carboxylic acids is 1. The normalized spacial score (nSPS) is 19.8. The minimum absolute atomic E-state index is 0.250. The van der Waals surface area contributed by atoms with Crippen molar-refractivity contribution in [3.8, 4) is 11.3 Å². The molecule has 1 saturated heterocycles. The molecule has 1 atom stereocenters. The predicted octanol–water partition coefficient (Wildman–Crippen LogP) is 4.23. The maximum atomic E-state index is 13.2. The third kappa shape index (κ3) is 3.09. The number of Topliss-reactive ketones (excluding diaryl/α,β-unsaturated/α-hetero) is 1. The number of likely N-dealkylation sites (tertiary alicyclic amines) is 1. The molecule has 0 bridgehead atoms. The van der Waals surface area contributed by atoms with E-state index in [0.717, 1.165) is 59.8 Å². The summed E-state index contributed by atoms with van der Waals surface area (Å²) in [6.45, 7) is 4.82. The van der Waals surface area contributed by atoms with Crippen molar-refractivity contribution < 1.29 is 19.4 Å². The van der Waals surface area contributed by atoms with Crippen LogP contribution < -0.4 is 0 Å². The van der Waals surface area contributed by atoms with Gasteiger partial charge in [-0.3, -0.25) is 9.69 Å². The first kappa shape index (κ1) is 19.5. The summed E-state index contributed by atoms with van der Waals surface area (Å²) in [6, 6.07) is 9.96. The van der Waals surface area contributed by atoms with Crippen molar-refractivity contribution in [3.05, 3.63) is 58.8 Å². The second-order valence-corrected chi connectivity index (χ2v) is 8.66. The van der Waals surface area contributed by atoms with Crippen molar-refractivity contribution in [2.75, 3.05) is 19.7 Å². The Balaban J connectivity index is 1.50. The van der Waals surface area contributed by atoms with Crippen molar-refractivity contribution in [2.24, 2.45) is 5.92 Å². The van der Waals surface area contributed by atoms with Crippen LogP contribution in [0.4, 0.5) is 0 Å². The van der Waals surface area contributed by atoms with Gasteiger partial charge in [0.2, 0.25) is 0 Å². The molecule has 0 amide bonds. The first-order valence-electron chi connectivity index (χ1n) is 10.8. The van der Waals surface area contributed by atoms with E-state index in [-0.39, 0.29) is 12.4 Å². The maximum Gasteiger partial charge on any atom is 0.200 e. The number of hydrogen-bond donors (Lipinski definition) is 2. The molecular formula is C25H27NO4. The largest absolute Gasteiger partial charge is 0.463 e. The minimum atomic E-state index is -1.18. The Bertz CT molecular complexity index is 1110. The number of furan rings is 1. The van der Waals surface area contributed by atoms with Crippen LogP contribution in [0.1, 0.15) is 52.4 Å². The fourth-order valence-electron chi connectivity index (χ4n) is 5.13. The third-order valence-corrected chi connectivity index (χ3v) is 6.84. The van der Waals surface area contributed by atoms with Crippen molar-refractivity contribution >= 4 is 16.6 Å². The number of carbonyl (C=O) groups is 1. The van der Waals surface area contributed by atoms with E-state index in [4.69, 9.17) is 9.52 Å². The van der Waals surface area contributed by atoms with Crippen LogP contribution in [0, 0.1) is 12.8 Å². The molecule has 2 aliphatic rings. The molecule has 0 spiro atoms. The lowest BCUT2D eigenvalue weighted by Crippen LogP contribution is -2.34. The van der Waals surface area contributed by atoms with Crippen LogP contribution in [0.15, 0.2) is 41.0 Å². The number of hydrogen-bond acceptors (Lipinski definition) is 5. The average Bonchev–Trinajstić information content (AvgIpc) is 3.17. The van der Waals surface area contributed by atoms with E-state index in [1.807, 2.05) is 37.3 Å². The number of rotatable bonds is 4. The van der Waals surface area contributed by atoms with E-state index in [2.05, 4.69) is 4.90 Å². The topological polar surface area (TPSA) is 73.9 Å². The van der Waals surface area contributed by atoms with E-state index in [1.54, 1.807) is 6.26 Å². The number of aliphatic hydroxyl groups is 2. The van der Waals surface area contributed by atoms with Crippen LogP contribution >= 0.6 is 0 Å². The van der Waals surface area contributed by atoms with E-state index in [0.29, 0.717) is 29.3 Å². The molecule has 0 saturated carbocycles. The Morgan fingerprint density at radius 3 is 2.70 bits per heavy atom. The van der Waals surface area contributed by atoms with Crippen LogP contribution in [0.2, 0.25) is 0 Å². The third-order valence-electron chi connectivity index (χ3n) is 6.84. The van der Waals surface area contributed by atoms with Gasteiger partial charge in [0.15, 0.2) is 5.78 Å². The molecular weight excluding hydrogens is 378 g/mol. The Hall–Kier alpha value is -2.47. The fourth-order valence-corrected chi connectivity index (χ4v) is 5.13. The van der Waals surface area contributed by atoms with Crippen molar-refractivity contribution in [1.29, 1.82) is 0 Å². The molecule has 5 heteroatoms. The number of piperidine rings is 1. The Morgan fingerprint density at radius 2 is 1.93 bits per heavy atom. The van der Waals surface area contributed by atoms with E-state index >= 15 is 0 Å². The molecule has 1 aliphatic carbocycles. The summed E-state index contributed by atoms with van der Waals surface area (Å²) < 4.78 is 5.92. The summed E-state index contributed by atoms with van der Waals surface area (Å²) in [7, 11) is 0. The van der Waals surface area contributed by atoms with E-state index in [1.165, 1.54) is 0 Å². The molecule has 30 heavy (non-hydrogen) atoms. The molecule has 3 aromatic rings. The van der Waals surface area contributed by atoms with Gasteiger partial charge in [0.25, 0.3) is 0 Å². The highest BCUT2D eigenvalue weighted by molar-refractivity contribution is 6.12. The van der Waals surface area contributed by atoms with Crippen LogP contribution in [-0.2, 0) is 6.54 Å². The predicted molar refractivity (Wildman–Crippen MR) is 115 cm³/mol. The van der Waals surface area contributed by atoms with E-state index < -0.39 is 6.10 Å². The number of aliphatic hydroxyl groups excluding tert-OH is 2. The van der Waals surface area contributed by atoms with Gasteiger partial charge >= 0.3 is 0 Å². The van der Waals surface area contributed by atoms with Gasteiger partial charge < -0.3 is 14.6 Å². The SMILES string of the molecule is Cc1cccc2c3c(ccc12)-c1occ(CN2CCC(CCO)CC2)c1C(=O)C3O. The first-order valence-corrected chi connectivity index (χ1v) is 10.8. The number of nitrogens with zero attached hydrogens (tertiary/aromatic N) is 1. The lowest BCUT2D eigenvalue weighted by atomic mass is 9.82. The summed E-state index contributed by atoms with van der Waals surface area (Å²) in [6.07, 6.45) is 3.50. The maximum absolute atomic E-state index is 13.2. The molecule has 1 aromatic heterocycles. The van der Waals surface area contributed by atoms with Crippen LogP contribution in [0.25, 0.3) is 22.1 Å². The van der Waals surface area contributed by atoms with Gasteiger partial charge in [-0.25, -0.2) is 0 Å². The number of fused-ring (bicyclic) bond motifs is 5. The number of ketones is 1. The number of benzene rings is 2. The molecule has 1 unspecified atom stereocenters. The second kappa shape index (κ2) is 7.65. The lowest BCUT2D eigenvalue weighted by molar-refractivity contribution is 0.0742. The lowest BCUT2D eigenvalue weighted by Gasteiger charge is -2.31. The molecule has 5 rings (SSSR count). The molecule has 1 aliphatic heterocycles. The van der Waals surface area contributed by atoms with Crippen molar-refractivity contribution in [3.63, 3.8) is 0 Å². The summed E-state index contributed by atoms with van der Waals surface area (Å²) >= 11 is 0. The first-order chi connectivity index (χ1) is 14.6. The summed E-state index contributed by atoms with van der Waals surface area (Å²) in [4.78, 5) is 15.5. The molecule has 1 fully saturated rings. The van der Waals surface area contributed by atoms with Crippen LogP contribution in [0.5, 0.6) is 0 Å². The molecule has 2 N–H and O–H groups in total. The van der Waals surface area contributed by atoms with Gasteiger partial charge in [0, 0.05) is 29.8 Å². The highest BCUT2D eigenvalue weighted by Crippen LogP contribution is 2.44. The Labute approximate surface area is 175 Å². The second-order valence-electron chi connectivity index (χ2n) is 8.66. The van der Waals surface area contributed by atoms with Crippen LogP contribution in [-0.4, -0.2) is 40.6 Å². The number of aryl methyl sites for hydroxylation is 1. The standard InChI is InChI=1S/C25H27NO4/c1-15-3-2-4-19-18(15)5-6-20-22(19)24(29)23(28)21-17(14-30-25(20)21)13-26-10-7-16(8-11-26)9-12-27/h2-6,14,16,24,27,29H,7-13H2,1H3. The summed E-state index contributed by atoms with van der Waals surface area (Å²) in [5.41, 5.74) is 3.96. The summed E-state index contributed by atoms with van der Waals surface area (Å²) in [5, 5.41) is 22.1. The van der Waals surface area contributed by atoms with Gasteiger partial charge in [-0.05, 0) is 61.5 Å². The fraction of sp³-hybridized carbons (Fsp3) is 0.400. The minimum Gasteiger partial charge on any atom is -0.463 e. The zero-order chi connectivity index (χ0) is 20.8. The molecule has 5 nitrogen and oxygen atoms in total. The van der Waals surface area contributed by atoms with Gasteiger partial charge in [-0.2, -0.15) is 0 Å². The zero-order valence-electron chi connectivity index (χ0n) is 17.2. The van der Waals surface area contributed by atoms with Crippen molar-refractivity contribution in [1.82, 2.24) is 4.90 Å². The molecule has 2 heterocycles. The monoisotopic (exact) mass is 405 g/mol. The highest BCUT2D eigenvalue weighted by atomic mass is 16.3.